The second-order valence-corrected chi connectivity index (χ2v) is 16.8. The first kappa shape index (κ1) is 30.0. The molecule has 0 aliphatic heterocycles. The van der Waals surface area contributed by atoms with Gasteiger partial charge in [-0.05, 0) is 127 Å². The minimum Gasteiger partial charge on any atom is -0.310 e. The maximum absolute atomic E-state index is 2.46. The van der Waals surface area contributed by atoms with E-state index in [0.29, 0.717) is 0 Å². The summed E-state index contributed by atoms with van der Waals surface area (Å²) in [5.74, 6) is 0. The first-order chi connectivity index (χ1) is 25.3. The van der Waals surface area contributed by atoms with E-state index in [9.17, 15) is 0 Å². The quantitative estimate of drug-likeness (QED) is 0.179. The molecule has 0 radical (unpaired) electrons. The molecule has 2 aliphatic rings. The summed E-state index contributed by atoms with van der Waals surface area (Å²) < 4.78 is 2.75. The fraction of sp³-hybridized carbons (Fsp3) is 0.120. The molecule has 0 N–H and O–H groups in total. The van der Waals surface area contributed by atoms with Gasteiger partial charge in [-0.1, -0.05) is 113 Å². The van der Waals surface area contributed by atoms with Crippen molar-refractivity contribution in [1.29, 1.82) is 0 Å². The van der Waals surface area contributed by atoms with Gasteiger partial charge in [0, 0.05) is 53.6 Å². The molecule has 1 nitrogen and oxygen atoms in total. The molecule has 1 aromatic heterocycles. The van der Waals surface area contributed by atoms with Gasteiger partial charge in [-0.25, -0.2) is 0 Å². The van der Waals surface area contributed by atoms with Gasteiger partial charge in [0.15, 0.2) is 0 Å². The highest BCUT2D eigenvalue weighted by atomic mass is 32.1. The predicted octanol–water partition coefficient (Wildman–Crippen LogP) is 14.4. The largest absolute Gasteiger partial charge is 0.310 e. The van der Waals surface area contributed by atoms with Gasteiger partial charge in [-0.3, -0.25) is 0 Å². The number of thiophene rings is 1. The molecule has 248 valence electrons. The summed E-state index contributed by atoms with van der Waals surface area (Å²) in [6.45, 7) is 9.56. The van der Waals surface area contributed by atoms with Crippen LogP contribution in [0.2, 0.25) is 0 Å². The standard InChI is InChI=1S/C50H37NS/c1-49(2)42-23-22-38-37-16-10-11-17-46(37)52-48(38)47(42)39-21-20-36(29-45(39)49)51(34-14-6-5-7-15-34)35-19-18-32-26-41-40-25-30-12-8-9-13-31(30)27-43(40)50(3,4)44(41)28-33(32)24-35/h5-29H,1-4H3. The van der Waals surface area contributed by atoms with Crippen LogP contribution in [0.4, 0.5) is 17.1 Å². The summed E-state index contributed by atoms with van der Waals surface area (Å²) in [6, 6.07) is 57.1. The number of benzene rings is 8. The zero-order valence-electron chi connectivity index (χ0n) is 29.8. The Kier molecular flexibility index (Phi) is 6.02. The summed E-state index contributed by atoms with van der Waals surface area (Å²) in [5, 5.41) is 7.86. The zero-order valence-corrected chi connectivity index (χ0v) is 30.6. The number of anilines is 3. The average molecular weight is 684 g/mol. The molecule has 11 rings (SSSR count). The minimum absolute atomic E-state index is 0.0849. The number of hydrogen-bond donors (Lipinski definition) is 0. The van der Waals surface area contributed by atoms with Gasteiger partial charge in [0.1, 0.15) is 0 Å². The molecule has 0 amide bonds. The molecular weight excluding hydrogens is 647 g/mol. The van der Waals surface area contributed by atoms with E-state index in [1.165, 1.54) is 91.9 Å². The van der Waals surface area contributed by atoms with E-state index in [4.69, 9.17) is 0 Å². The Morgan fingerprint density at radius 1 is 0.404 bits per heavy atom. The van der Waals surface area contributed by atoms with Crippen molar-refractivity contribution in [2.24, 2.45) is 0 Å². The zero-order chi connectivity index (χ0) is 34.9. The number of nitrogens with zero attached hydrogens (tertiary/aromatic N) is 1. The topological polar surface area (TPSA) is 3.24 Å². The SMILES string of the molecule is CC1(C)c2cc3ccccc3cc2-c2cc3ccc(N(c4ccccc4)c4ccc5c(c4)C(C)(C)c4ccc6c(sc7ccccc76)c4-5)cc3cc21. The third-order valence-corrected chi connectivity index (χ3v) is 13.4. The van der Waals surface area contributed by atoms with Gasteiger partial charge in [0.05, 0.1) is 0 Å². The van der Waals surface area contributed by atoms with Crippen molar-refractivity contribution in [3.05, 3.63) is 174 Å². The molecule has 0 spiro atoms. The van der Waals surface area contributed by atoms with Gasteiger partial charge in [0.25, 0.3) is 0 Å². The second kappa shape index (κ2) is 10.4. The normalized spacial score (nSPS) is 14.8. The number of para-hydroxylation sites is 1. The molecule has 0 bridgehead atoms. The van der Waals surface area contributed by atoms with Gasteiger partial charge < -0.3 is 4.90 Å². The van der Waals surface area contributed by atoms with E-state index in [0.717, 1.165) is 11.4 Å². The van der Waals surface area contributed by atoms with Gasteiger partial charge in [-0.2, -0.15) is 0 Å². The Morgan fingerprint density at radius 2 is 1.00 bits per heavy atom. The van der Waals surface area contributed by atoms with Crippen molar-refractivity contribution in [3.8, 4) is 22.3 Å². The van der Waals surface area contributed by atoms with E-state index in [1.54, 1.807) is 0 Å². The van der Waals surface area contributed by atoms with Crippen LogP contribution in [0.25, 0.3) is 64.0 Å². The molecule has 0 saturated heterocycles. The van der Waals surface area contributed by atoms with Crippen molar-refractivity contribution < 1.29 is 0 Å². The summed E-state index contributed by atoms with van der Waals surface area (Å²) in [6.07, 6.45) is 0. The van der Waals surface area contributed by atoms with E-state index >= 15 is 0 Å². The highest BCUT2D eigenvalue weighted by Crippen LogP contribution is 2.56. The van der Waals surface area contributed by atoms with E-state index < -0.39 is 0 Å². The molecule has 2 heteroatoms. The van der Waals surface area contributed by atoms with Crippen LogP contribution < -0.4 is 4.90 Å². The summed E-state index contributed by atoms with van der Waals surface area (Å²) in [5.41, 5.74) is 14.4. The van der Waals surface area contributed by atoms with E-state index in [1.807, 2.05) is 11.3 Å². The Hall–Kier alpha value is -5.70. The smallest absolute Gasteiger partial charge is 0.0468 e. The van der Waals surface area contributed by atoms with Crippen LogP contribution >= 0.6 is 11.3 Å². The molecule has 0 unspecified atom stereocenters. The molecule has 52 heavy (non-hydrogen) atoms. The van der Waals surface area contributed by atoms with Crippen LogP contribution in [0.5, 0.6) is 0 Å². The first-order valence-electron chi connectivity index (χ1n) is 18.3. The minimum atomic E-state index is -0.122. The molecule has 8 aromatic carbocycles. The van der Waals surface area contributed by atoms with Crippen LogP contribution in [0.15, 0.2) is 152 Å². The molecule has 0 fully saturated rings. The third kappa shape index (κ3) is 4.04. The molecule has 9 aromatic rings. The van der Waals surface area contributed by atoms with Crippen molar-refractivity contribution in [2.75, 3.05) is 4.90 Å². The van der Waals surface area contributed by atoms with Gasteiger partial charge >= 0.3 is 0 Å². The Labute approximate surface area is 308 Å². The number of hydrogen-bond acceptors (Lipinski definition) is 2. The molecule has 0 saturated carbocycles. The molecule has 0 atom stereocenters. The predicted molar refractivity (Wildman–Crippen MR) is 224 cm³/mol. The lowest BCUT2D eigenvalue weighted by molar-refractivity contribution is 0.661. The average Bonchev–Trinajstić information content (AvgIpc) is 3.73. The molecule has 2 aliphatic carbocycles. The monoisotopic (exact) mass is 683 g/mol. The van der Waals surface area contributed by atoms with Crippen molar-refractivity contribution in [3.63, 3.8) is 0 Å². The maximum atomic E-state index is 2.46. The third-order valence-electron chi connectivity index (χ3n) is 12.2. The fourth-order valence-corrected chi connectivity index (χ4v) is 10.7. The van der Waals surface area contributed by atoms with Crippen molar-refractivity contribution in [1.82, 2.24) is 0 Å². The Bertz CT molecular complexity index is 2960. The van der Waals surface area contributed by atoms with Crippen LogP contribution in [0.3, 0.4) is 0 Å². The Balaban J connectivity index is 1.07. The van der Waals surface area contributed by atoms with Gasteiger partial charge in [0.2, 0.25) is 0 Å². The van der Waals surface area contributed by atoms with E-state index in [2.05, 4.69) is 184 Å². The lowest BCUT2D eigenvalue weighted by atomic mass is 9.81. The fourth-order valence-electron chi connectivity index (χ4n) is 9.44. The van der Waals surface area contributed by atoms with Crippen molar-refractivity contribution in [2.45, 2.75) is 38.5 Å². The van der Waals surface area contributed by atoms with E-state index in [-0.39, 0.29) is 10.8 Å². The van der Waals surface area contributed by atoms with Crippen LogP contribution in [-0.2, 0) is 10.8 Å². The molecular formula is C50H37NS. The van der Waals surface area contributed by atoms with Crippen molar-refractivity contribution >= 4 is 70.1 Å². The highest BCUT2D eigenvalue weighted by molar-refractivity contribution is 7.26. The van der Waals surface area contributed by atoms with Crippen LogP contribution in [-0.4, -0.2) is 0 Å². The summed E-state index contributed by atoms with van der Waals surface area (Å²) in [4.78, 5) is 2.44. The Morgan fingerprint density at radius 3 is 1.79 bits per heavy atom. The molecule has 1 heterocycles. The lowest BCUT2D eigenvalue weighted by Gasteiger charge is -2.28. The van der Waals surface area contributed by atoms with Crippen LogP contribution in [0, 0.1) is 0 Å². The maximum Gasteiger partial charge on any atom is 0.0468 e. The number of rotatable bonds is 3. The van der Waals surface area contributed by atoms with Gasteiger partial charge in [-0.15, -0.1) is 11.3 Å². The summed E-state index contributed by atoms with van der Waals surface area (Å²) >= 11 is 1.93. The lowest BCUT2D eigenvalue weighted by Crippen LogP contribution is -2.16. The van der Waals surface area contributed by atoms with Crippen LogP contribution in [0.1, 0.15) is 49.9 Å². The first-order valence-corrected chi connectivity index (χ1v) is 19.2. The summed E-state index contributed by atoms with van der Waals surface area (Å²) in [7, 11) is 0. The highest BCUT2D eigenvalue weighted by Gasteiger charge is 2.38. The second-order valence-electron chi connectivity index (χ2n) is 15.8. The number of fused-ring (bicyclic) bond motifs is 12.